The summed E-state index contributed by atoms with van der Waals surface area (Å²) in [4.78, 5) is 15.2. The van der Waals surface area contributed by atoms with Crippen LogP contribution in [-0.2, 0) is 11.0 Å². The highest BCUT2D eigenvalue weighted by Gasteiger charge is 2.33. The van der Waals surface area contributed by atoms with Crippen molar-refractivity contribution in [2.24, 2.45) is 11.5 Å². The van der Waals surface area contributed by atoms with Crippen molar-refractivity contribution < 1.29 is 18.0 Å². The van der Waals surface area contributed by atoms with Crippen LogP contribution in [0.2, 0.25) is 0 Å². The first kappa shape index (κ1) is 18.1. The standard InChI is InChI=1S/C18H19F3N4O/c19-18(20,21)12-5-7-13(8-6-12)24-10-14(9-22)25(11-17(23)26)16-4-2-1-3-15(16)24/h1-8,14H,9-11,22H2,(H2,23,26). The lowest BCUT2D eigenvalue weighted by atomic mass is 10.0. The number of carbonyl (C=O) groups excluding carboxylic acids is 1. The second-order valence-corrected chi connectivity index (χ2v) is 6.13. The fourth-order valence-electron chi connectivity index (χ4n) is 3.20. The summed E-state index contributed by atoms with van der Waals surface area (Å²) in [6, 6.07) is 12.2. The van der Waals surface area contributed by atoms with Gasteiger partial charge in [0.05, 0.1) is 29.5 Å². The Bertz CT molecular complexity index is 792. The monoisotopic (exact) mass is 364 g/mol. The maximum Gasteiger partial charge on any atom is 0.416 e. The van der Waals surface area contributed by atoms with Crippen LogP contribution < -0.4 is 21.3 Å². The van der Waals surface area contributed by atoms with Crippen molar-refractivity contribution in [3.05, 3.63) is 54.1 Å². The Labute approximate surface area is 149 Å². The van der Waals surface area contributed by atoms with Crippen LogP contribution in [0.15, 0.2) is 48.5 Å². The molecule has 0 bridgehead atoms. The van der Waals surface area contributed by atoms with E-state index in [0.717, 1.165) is 23.5 Å². The first-order valence-corrected chi connectivity index (χ1v) is 8.10. The fraction of sp³-hybridized carbons (Fsp3) is 0.278. The van der Waals surface area contributed by atoms with E-state index in [1.54, 1.807) is 0 Å². The number of para-hydroxylation sites is 2. The van der Waals surface area contributed by atoms with Crippen molar-refractivity contribution in [1.82, 2.24) is 0 Å². The highest BCUT2D eigenvalue weighted by molar-refractivity contribution is 5.86. The molecule has 1 unspecified atom stereocenters. The van der Waals surface area contributed by atoms with Gasteiger partial charge < -0.3 is 21.3 Å². The Balaban J connectivity index is 2.01. The van der Waals surface area contributed by atoms with Crippen molar-refractivity contribution >= 4 is 23.0 Å². The van der Waals surface area contributed by atoms with Gasteiger partial charge in [0, 0.05) is 18.8 Å². The van der Waals surface area contributed by atoms with E-state index in [0.29, 0.717) is 12.2 Å². The van der Waals surface area contributed by atoms with Crippen LogP contribution in [0.1, 0.15) is 5.56 Å². The van der Waals surface area contributed by atoms with Crippen LogP contribution in [0.5, 0.6) is 0 Å². The number of alkyl halides is 3. The van der Waals surface area contributed by atoms with Crippen LogP contribution in [0, 0.1) is 0 Å². The van der Waals surface area contributed by atoms with E-state index in [9.17, 15) is 18.0 Å². The van der Waals surface area contributed by atoms with E-state index in [2.05, 4.69) is 0 Å². The molecular weight excluding hydrogens is 345 g/mol. The Kier molecular flexibility index (Phi) is 4.78. The summed E-state index contributed by atoms with van der Waals surface area (Å²) in [7, 11) is 0. The minimum Gasteiger partial charge on any atom is -0.368 e. The van der Waals surface area contributed by atoms with Gasteiger partial charge in [-0.05, 0) is 36.4 Å². The molecule has 8 heteroatoms. The van der Waals surface area contributed by atoms with Gasteiger partial charge in [-0.3, -0.25) is 4.79 Å². The normalized spacial score (nSPS) is 17.2. The summed E-state index contributed by atoms with van der Waals surface area (Å²) in [6.07, 6.45) is -4.38. The third kappa shape index (κ3) is 3.45. The van der Waals surface area contributed by atoms with Crippen molar-refractivity contribution in [2.75, 3.05) is 29.4 Å². The molecule has 2 aromatic rings. The minimum atomic E-state index is -4.38. The highest BCUT2D eigenvalue weighted by atomic mass is 19.4. The molecule has 0 saturated carbocycles. The summed E-state index contributed by atoms with van der Waals surface area (Å²) < 4.78 is 38.4. The number of nitrogens with two attached hydrogens (primary N) is 2. The average molecular weight is 364 g/mol. The molecule has 138 valence electrons. The maximum atomic E-state index is 12.8. The van der Waals surface area contributed by atoms with Crippen molar-refractivity contribution in [1.29, 1.82) is 0 Å². The predicted molar refractivity (Wildman–Crippen MR) is 94.3 cm³/mol. The number of fused-ring (bicyclic) bond motifs is 1. The second-order valence-electron chi connectivity index (χ2n) is 6.13. The summed E-state index contributed by atoms with van der Waals surface area (Å²) >= 11 is 0. The van der Waals surface area contributed by atoms with Crippen LogP contribution in [-0.4, -0.2) is 31.6 Å². The molecule has 1 aliphatic heterocycles. The molecular formula is C18H19F3N4O. The first-order chi connectivity index (χ1) is 12.3. The predicted octanol–water partition coefficient (Wildman–Crippen LogP) is 2.48. The summed E-state index contributed by atoms with van der Waals surface area (Å²) in [5.74, 6) is -0.471. The number of anilines is 3. The van der Waals surface area contributed by atoms with E-state index in [4.69, 9.17) is 11.5 Å². The van der Waals surface area contributed by atoms with Gasteiger partial charge in [-0.25, -0.2) is 0 Å². The number of hydrogen-bond donors (Lipinski definition) is 2. The number of halogens is 3. The lowest BCUT2D eigenvalue weighted by Crippen LogP contribution is -2.53. The molecule has 3 rings (SSSR count). The SMILES string of the molecule is NCC1CN(c2ccc(C(F)(F)F)cc2)c2ccccc2N1CC(N)=O. The molecule has 1 amide bonds. The second kappa shape index (κ2) is 6.87. The Hall–Kier alpha value is -2.74. The average Bonchev–Trinajstić information content (AvgIpc) is 2.61. The van der Waals surface area contributed by atoms with Gasteiger partial charge in [-0.15, -0.1) is 0 Å². The van der Waals surface area contributed by atoms with Crippen molar-refractivity contribution in [3.63, 3.8) is 0 Å². The maximum absolute atomic E-state index is 12.8. The van der Waals surface area contributed by atoms with Gasteiger partial charge >= 0.3 is 6.18 Å². The number of hydrogen-bond acceptors (Lipinski definition) is 4. The molecule has 0 aromatic heterocycles. The first-order valence-electron chi connectivity index (χ1n) is 8.10. The van der Waals surface area contributed by atoms with Crippen LogP contribution in [0.4, 0.5) is 30.2 Å². The molecule has 2 aromatic carbocycles. The Morgan fingerprint density at radius 1 is 1.08 bits per heavy atom. The van der Waals surface area contributed by atoms with Gasteiger partial charge in [0.2, 0.25) is 5.91 Å². The summed E-state index contributed by atoms with van der Waals surface area (Å²) in [5, 5.41) is 0. The molecule has 5 nitrogen and oxygen atoms in total. The van der Waals surface area contributed by atoms with Gasteiger partial charge in [0.1, 0.15) is 0 Å². The smallest absolute Gasteiger partial charge is 0.368 e. The molecule has 0 spiro atoms. The van der Waals surface area contributed by atoms with E-state index in [1.807, 2.05) is 34.1 Å². The van der Waals surface area contributed by atoms with Crippen molar-refractivity contribution in [2.45, 2.75) is 12.2 Å². The molecule has 1 aliphatic rings. The lowest BCUT2D eigenvalue weighted by Gasteiger charge is -2.43. The molecule has 4 N–H and O–H groups in total. The van der Waals surface area contributed by atoms with Crippen LogP contribution >= 0.6 is 0 Å². The number of carbonyl (C=O) groups is 1. The fourth-order valence-corrected chi connectivity index (χ4v) is 3.20. The number of amides is 1. The van der Waals surface area contributed by atoms with Crippen LogP contribution in [0.3, 0.4) is 0 Å². The number of benzene rings is 2. The topological polar surface area (TPSA) is 75.6 Å². The molecule has 26 heavy (non-hydrogen) atoms. The Morgan fingerprint density at radius 3 is 2.23 bits per heavy atom. The number of primary amides is 1. The van der Waals surface area contributed by atoms with E-state index < -0.39 is 17.6 Å². The molecule has 1 atom stereocenters. The number of nitrogens with zero attached hydrogens (tertiary/aromatic N) is 2. The quantitative estimate of drug-likeness (QED) is 0.874. The molecule has 0 aliphatic carbocycles. The van der Waals surface area contributed by atoms with E-state index in [1.165, 1.54) is 12.1 Å². The molecule has 0 saturated heterocycles. The highest BCUT2D eigenvalue weighted by Crippen LogP contribution is 2.40. The van der Waals surface area contributed by atoms with Gasteiger partial charge in [0.25, 0.3) is 0 Å². The third-order valence-electron chi connectivity index (χ3n) is 4.42. The summed E-state index contributed by atoms with van der Waals surface area (Å²) in [5.41, 5.74) is 12.7. The minimum absolute atomic E-state index is 0.0275. The van der Waals surface area contributed by atoms with Gasteiger partial charge in [-0.2, -0.15) is 13.2 Å². The largest absolute Gasteiger partial charge is 0.416 e. The Morgan fingerprint density at radius 2 is 1.69 bits per heavy atom. The molecule has 0 radical (unpaired) electrons. The van der Waals surface area contributed by atoms with Gasteiger partial charge in [-0.1, -0.05) is 12.1 Å². The van der Waals surface area contributed by atoms with Crippen molar-refractivity contribution in [3.8, 4) is 0 Å². The van der Waals surface area contributed by atoms with E-state index in [-0.39, 0.29) is 19.1 Å². The van der Waals surface area contributed by atoms with E-state index >= 15 is 0 Å². The zero-order valence-electron chi connectivity index (χ0n) is 13.9. The van der Waals surface area contributed by atoms with Crippen LogP contribution in [0.25, 0.3) is 0 Å². The van der Waals surface area contributed by atoms with Gasteiger partial charge in [0.15, 0.2) is 0 Å². The molecule has 1 heterocycles. The molecule has 0 fully saturated rings. The lowest BCUT2D eigenvalue weighted by molar-refractivity contribution is -0.137. The third-order valence-corrected chi connectivity index (χ3v) is 4.42. The zero-order chi connectivity index (χ0) is 18.9. The zero-order valence-corrected chi connectivity index (χ0v) is 13.9. The summed E-state index contributed by atoms with van der Waals surface area (Å²) in [6.45, 7) is 0.741. The number of rotatable bonds is 4.